The molecule has 3 rings (SSSR count). The third kappa shape index (κ3) is 4.00. The molecule has 2 aromatic rings. The Kier molecular flexibility index (Phi) is 5.55. The summed E-state index contributed by atoms with van der Waals surface area (Å²) in [6.45, 7) is 2.26. The summed E-state index contributed by atoms with van der Waals surface area (Å²) in [5, 5.41) is 11.4. The molecular formula is C17H18N4O4S2. The van der Waals surface area contributed by atoms with E-state index in [9.17, 15) is 23.3 Å². The van der Waals surface area contributed by atoms with Crippen LogP contribution in [0.5, 0.6) is 0 Å². The van der Waals surface area contributed by atoms with Crippen molar-refractivity contribution in [3.63, 3.8) is 0 Å². The number of hydrogen-bond donors (Lipinski definition) is 0. The fourth-order valence-electron chi connectivity index (χ4n) is 2.89. The maximum Gasteiger partial charge on any atom is 0.250 e. The van der Waals surface area contributed by atoms with Crippen molar-refractivity contribution < 1.29 is 13.2 Å². The molecule has 0 N–H and O–H groups in total. The molecule has 10 heteroatoms. The lowest BCUT2D eigenvalue weighted by atomic mass is 10.1. The van der Waals surface area contributed by atoms with Crippen molar-refractivity contribution in [2.75, 3.05) is 13.1 Å². The van der Waals surface area contributed by atoms with Gasteiger partial charge in [0.25, 0.3) is 5.56 Å². The molecular weight excluding hydrogens is 388 g/mol. The van der Waals surface area contributed by atoms with Crippen LogP contribution in [-0.2, 0) is 21.4 Å². The largest absolute Gasteiger partial charge is 0.307 e. The number of pyridine rings is 1. The smallest absolute Gasteiger partial charge is 0.250 e. The van der Waals surface area contributed by atoms with Gasteiger partial charge >= 0.3 is 0 Å². The molecule has 1 atom stereocenters. The van der Waals surface area contributed by atoms with Crippen molar-refractivity contribution in [2.45, 2.75) is 37.1 Å². The highest BCUT2D eigenvalue weighted by Gasteiger charge is 2.28. The second-order valence-corrected chi connectivity index (χ2v) is 9.13. The number of thiazole rings is 1. The average Bonchev–Trinajstić information content (AvgIpc) is 3.30. The number of ketones is 1. The quantitative estimate of drug-likeness (QED) is 0.714. The second kappa shape index (κ2) is 7.72. The Morgan fingerprint density at radius 1 is 1.37 bits per heavy atom. The molecule has 1 unspecified atom stereocenters. The minimum absolute atomic E-state index is 0.0320. The fourth-order valence-corrected chi connectivity index (χ4v) is 5.29. The number of sulfonamides is 1. The van der Waals surface area contributed by atoms with E-state index < -0.39 is 27.3 Å². The van der Waals surface area contributed by atoms with Crippen LogP contribution in [0.3, 0.4) is 0 Å². The van der Waals surface area contributed by atoms with E-state index in [2.05, 4.69) is 4.98 Å². The number of carbonyl (C=O) groups is 1. The monoisotopic (exact) mass is 406 g/mol. The summed E-state index contributed by atoms with van der Waals surface area (Å²) in [7, 11) is -3.70. The molecule has 1 aliphatic heterocycles. The molecule has 27 heavy (non-hydrogen) atoms. The Hall–Kier alpha value is -2.35. The second-order valence-electron chi connectivity index (χ2n) is 6.30. The Labute approximate surface area is 160 Å². The summed E-state index contributed by atoms with van der Waals surface area (Å²) < 4.78 is 27.7. The molecule has 0 amide bonds. The zero-order valence-electron chi connectivity index (χ0n) is 14.7. The normalized spacial score (nSPS) is 16.1. The lowest BCUT2D eigenvalue weighted by molar-refractivity contribution is -0.120. The van der Waals surface area contributed by atoms with Gasteiger partial charge in [0.05, 0.1) is 17.5 Å². The number of aromatic nitrogens is 2. The SMILES string of the molecule is Cc1csc(C(C#N)C(=O)Cn2cc(S(=O)(=O)N3CCCC3)ccc2=O)n1. The van der Waals surface area contributed by atoms with Gasteiger partial charge in [-0.2, -0.15) is 9.57 Å². The molecule has 3 heterocycles. The Bertz CT molecular complexity index is 1060. The maximum atomic E-state index is 12.7. The summed E-state index contributed by atoms with van der Waals surface area (Å²) in [5.41, 5.74) is 0.203. The number of nitrogens with zero attached hydrogens (tertiary/aromatic N) is 4. The predicted octanol–water partition coefficient (Wildman–Crippen LogP) is 1.27. The van der Waals surface area contributed by atoms with Gasteiger partial charge in [0.1, 0.15) is 5.01 Å². The van der Waals surface area contributed by atoms with Crippen molar-refractivity contribution in [1.29, 1.82) is 5.26 Å². The van der Waals surface area contributed by atoms with Gasteiger partial charge in [-0.1, -0.05) is 0 Å². The highest BCUT2D eigenvalue weighted by molar-refractivity contribution is 7.89. The highest BCUT2D eigenvalue weighted by Crippen LogP contribution is 2.22. The van der Waals surface area contributed by atoms with E-state index in [-0.39, 0.29) is 11.4 Å². The van der Waals surface area contributed by atoms with Gasteiger partial charge in [0.15, 0.2) is 11.7 Å². The third-order valence-corrected chi connectivity index (χ3v) is 7.23. The van der Waals surface area contributed by atoms with Crippen molar-refractivity contribution in [1.82, 2.24) is 13.9 Å². The minimum Gasteiger partial charge on any atom is -0.307 e. The van der Waals surface area contributed by atoms with Gasteiger partial charge in [0, 0.05) is 36.4 Å². The first kappa shape index (κ1) is 19.4. The van der Waals surface area contributed by atoms with E-state index in [0.717, 1.165) is 23.5 Å². The first-order valence-electron chi connectivity index (χ1n) is 8.38. The van der Waals surface area contributed by atoms with E-state index in [4.69, 9.17) is 0 Å². The van der Waals surface area contributed by atoms with E-state index >= 15 is 0 Å². The summed E-state index contributed by atoms with van der Waals surface area (Å²) in [6, 6.07) is 4.30. The minimum atomic E-state index is -3.70. The molecule has 0 aromatic carbocycles. The zero-order valence-corrected chi connectivity index (χ0v) is 16.3. The van der Waals surface area contributed by atoms with Crippen molar-refractivity contribution in [2.24, 2.45) is 0 Å². The molecule has 0 spiro atoms. The highest BCUT2D eigenvalue weighted by atomic mass is 32.2. The van der Waals surface area contributed by atoms with Crippen LogP contribution in [0.2, 0.25) is 0 Å². The number of rotatable bonds is 6. The van der Waals surface area contributed by atoms with E-state index in [0.29, 0.717) is 23.8 Å². The Balaban J connectivity index is 1.87. The predicted molar refractivity (Wildman–Crippen MR) is 98.9 cm³/mol. The third-order valence-electron chi connectivity index (χ3n) is 4.32. The van der Waals surface area contributed by atoms with Crippen LogP contribution >= 0.6 is 11.3 Å². The van der Waals surface area contributed by atoms with Gasteiger partial charge in [-0.05, 0) is 25.8 Å². The molecule has 0 aliphatic carbocycles. The van der Waals surface area contributed by atoms with Crippen LogP contribution in [0.15, 0.2) is 33.4 Å². The molecule has 2 aromatic heterocycles. The lowest BCUT2D eigenvalue weighted by Gasteiger charge is -2.16. The van der Waals surface area contributed by atoms with Crippen LogP contribution in [0.4, 0.5) is 0 Å². The zero-order chi connectivity index (χ0) is 19.6. The fraction of sp³-hybridized carbons (Fsp3) is 0.412. The summed E-state index contributed by atoms with van der Waals surface area (Å²) in [6.07, 6.45) is 2.78. The molecule has 0 saturated carbocycles. The summed E-state index contributed by atoms with van der Waals surface area (Å²) in [4.78, 5) is 28.8. The van der Waals surface area contributed by atoms with Gasteiger partial charge < -0.3 is 4.57 Å². The first-order chi connectivity index (χ1) is 12.8. The number of aryl methyl sites for hydroxylation is 1. The lowest BCUT2D eigenvalue weighted by Crippen LogP contribution is -2.31. The summed E-state index contributed by atoms with van der Waals surface area (Å²) in [5.74, 6) is -1.60. The molecule has 1 aliphatic rings. The van der Waals surface area contributed by atoms with E-state index in [1.54, 1.807) is 12.3 Å². The van der Waals surface area contributed by atoms with Gasteiger partial charge in [-0.15, -0.1) is 11.3 Å². The first-order valence-corrected chi connectivity index (χ1v) is 10.7. The number of Topliss-reactive ketones (excluding diaryl/α,β-unsaturated/α-hetero) is 1. The van der Waals surface area contributed by atoms with Crippen LogP contribution in [-0.4, -0.2) is 41.1 Å². The number of carbonyl (C=O) groups excluding carboxylic acids is 1. The molecule has 1 saturated heterocycles. The molecule has 8 nitrogen and oxygen atoms in total. The maximum absolute atomic E-state index is 12.7. The molecule has 142 valence electrons. The van der Waals surface area contributed by atoms with Gasteiger partial charge in [-0.3, -0.25) is 9.59 Å². The standard InChI is InChI=1S/C17H18N4O4S2/c1-12-11-26-17(19-12)14(8-18)15(22)10-20-9-13(4-5-16(20)23)27(24,25)21-6-2-3-7-21/h4-5,9,11,14H,2-3,6-7,10H2,1H3. The topological polar surface area (TPSA) is 113 Å². The van der Waals surface area contributed by atoms with E-state index in [1.807, 2.05) is 6.07 Å². The molecule has 1 fully saturated rings. The Morgan fingerprint density at radius 3 is 2.67 bits per heavy atom. The van der Waals surface area contributed by atoms with Crippen LogP contribution < -0.4 is 5.56 Å². The average molecular weight is 406 g/mol. The van der Waals surface area contributed by atoms with Crippen molar-refractivity contribution >= 4 is 27.1 Å². The summed E-state index contributed by atoms with van der Waals surface area (Å²) >= 11 is 1.21. The number of nitriles is 1. The van der Waals surface area contributed by atoms with Gasteiger partial charge in [0.2, 0.25) is 10.0 Å². The van der Waals surface area contributed by atoms with Crippen molar-refractivity contribution in [3.8, 4) is 6.07 Å². The van der Waals surface area contributed by atoms with Crippen LogP contribution in [0.1, 0.15) is 29.5 Å². The molecule has 0 radical (unpaired) electrons. The molecule has 0 bridgehead atoms. The number of hydrogen-bond acceptors (Lipinski definition) is 7. The van der Waals surface area contributed by atoms with E-state index in [1.165, 1.54) is 27.9 Å². The van der Waals surface area contributed by atoms with Crippen LogP contribution in [0.25, 0.3) is 0 Å². The Morgan fingerprint density at radius 2 is 2.07 bits per heavy atom. The van der Waals surface area contributed by atoms with Crippen molar-refractivity contribution in [3.05, 3.63) is 44.8 Å². The van der Waals surface area contributed by atoms with Crippen LogP contribution in [0, 0.1) is 18.3 Å². The van der Waals surface area contributed by atoms with Gasteiger partial charge in [-0.25, -0.2) is 13.4 Å².